The van der Waals surface area contributed by atoms with Crippen LogP contribution in [-0.2, 0) is 94.3 Å². The highest BCUT2D eigenvalue weighted by Crippen LogP contribution is 2.24. The van der Waals surface area contributed by atoms with Gasteiger partial charge in [0.15, 0.2) is 5.96 Å². The lowest BCUT2D eigenvalue weighted by molar-refractivity contribution is -0.142. The quantitative estimate of drug-likeness (QED) is 0.0127. The van der Waals surface area contributed by atoms with Crippen LogP contribution >= 0.6 is 25.3 Å². The van der Waals surface area contributed by atoms with Gasteiger partial charge in [0.1, 0.15) is 102 Å². The number of hydrogen-bond acceptors (Lipinski definition) is 31. The fourth-order valence-electron chi connectivity index (χ4n) is 13.2. The lowest BCUT2D eigenvalue weighted by Crippen LogP contribution is -2.64. The van der Waals surface area contributed by atoms with E-state index < -0.39 is 258 Å². The molecule has 0 radical (unpaired) electrons. The lowest BCUT2D eigenvalue weighted by atomic mass is 9.95. The molecule has 0 aromatic heterocycles. The second-order valence-corrected chi connectivity index (χ2v) is 33.8. The van der Waals surface area contributed by atoms with Gasteiger partial charge in [-0.05, 0) is 152 Å². The number of carboxylic acids is 1. The number of nitrogens with two attached hydrogens (primary N) is 8. The van der Waals surface area contributed by atoms with Gasteiger partial charge in [-0.1, -0.05) is 58.4 Å². The number of carboxylic acid groups (broad SMARTS) is 1. The number of aromatic hydroxyl groups is 2. The number of unbranched alkanes of at least 4 members (excludes halogenated alkanes) is 1. The molecule has 1 heterocycles. The third-order valence-electron chi connectivity index (χ3n) is 21.0. The average molecular weight is 1880 g/mol. The van der Waals surface area contributed by atoms with E-state index in [-0.39, 0.29) is 121 Å². The highest BCUT2D eigenvalue weighted by molar-refractivity contribution is 7.81. The number of phenols is 2. The van der Waals surface area contributed by atoms with Gasteiger partial charge in [0.05, 0.1) is 31.8 Å². The van der Waals surface area contributed by atoms with Gasteiger partial charge >= 0.3 is 5.97 Å². The van der Waals surface area contributed by atoms with E-state index in [0.29, 0.717) is 24.0 Å². The molecule has 48 nitrogen and oxygen atoms in total. The van der Waals surface area contributed by atoms with Crippen molar-refractivity contribution in [3.63, 3.8) is 0 Å². The van der Waals surface area contributed by atoms with Crippen molar-refractivity contribution in [2.24, 2.45) is 57.7 Å². The summed E-state index contributed by atoms with van der Waals surface area (Å²) in [7, 11) is 0. The van der Waals surface area contributed by atoms with Crippen LogP contribution in [0.15, 0.2) is 48.5 Å². The maximum Gasteiger partial charge on any atom is 0.326 e. The molecule has 50 heteroatoms. The number of carbonyl (C=O) groups excluding carboxylic acids is 16. The largest absolute Gasteiger partial charge is 0.508 e. The van der Waals surface area contributed by atoms with Crippen LogP contribution < -0.4 is 126 Å². The van der Waals surface area contributed by atoms with Crippen LogP contribution in [-0.4, -0.2) is 314 Å². The Morgan fingerprint density at radius 1 is 0.477 bits per heavy atom. The molecule has 16 amide bonds. The van der Waals surface area contributed by atoms with Gasteiger partial charge in [-0.25, -0.2) is 4.79 Å². The van der Waals surface area contributed by atoms with E-state index in [1.54, 1.807) is 27.7 Å². The normalized spacial score (nSPS) is 16.8. The van der Waals surface area contributed by atoms with E-state index in [2.05, 4.69) is 105 Å². The molecule has 0 unspecified atom stereocenters. The number of nitrogens with zero attached hydrogens (tertiary/aromatic N) is 1. The van der Waals surface area contributed by atoms with Crippen molar-refractivity contribution in [1.82, 2.24) is 84.7 Å². The van der Waals surface area contributed by atoms with Crippen LogP contribution in [0.5, 0.6) is 11.5 Å². The first-order valence-electron chi connectivity index (χ1n) is 42.5. The first kappa shape index (κ1) is 113. The third-order valence-corrected chi connectivity index (χ3v) is 21.6. The fourth-order valence-corrected chi connectivity index (χ4v) is 13.7. The monoisotopic (exact) mass is 1880 g/mol. The molecule has 0 aliphatic carbocycles. The lowest BCUT2D eigenvalue weighted by Gasteiger charge is -2.34. The zero-order valence-electron chi connectivity index (χ0n) is 73.6. The number of amides is 16. The number of nitrogens with one attached hydrogen (secondary N) is 16. The molecule has 2 aromatic rings. The zero-order valence-corrected chi connectivity index (χ0v) is 75.4. The second-order valence-electron chi connectivity index (χ2n) is 32.2. The number of phenolic OH excluding ortho intramolecular Hbond substituents is 2. The summed E-state index contributed by atoms with van der Waals surface area (Å²) in [5.41, 5.74) is 47.4. The Morgan fingerprint density at radius 3 is 1.20 bits per heavy atom. The van der Waals surface area contributed by atoms with Crippen molar-refractivity contribution in [1.29, 1.82) is 5.41 Å². The van der Waals surface area contributed by atoms with E-state index in [1.165, 1.54) is 62.4 Å². The average Bonchev–Trinajstić information content (AvgIpc) is 1.66. The molecule has 38 N–H and O–H groups in total. The number of guanidine groups is 1. The van der Waals surface area contributed by atoms with Crippen molar-refractivity contribution in [2.45, 2.75) is 239 Å². The SMILES string of the molecule is CC[C@H](C)[C@H](NC(=O)[C@@H]1C[C@@H](O)CN1C(=O)[C@@H](N)C(C)C)C(=O)N[C@H](C(=O)N[C@@H](Cc1ccc(O)cc1)C(=O)N[C@@H](CCN)C(=O)N[C@@H](CC(N)=O)C(=O)N[C@@H](CCCNC(=N)N)C(=O)N[C@@H](CCN)C(=O)N[C@@H](CO)C(=O)N[C@H](CCN)C(=O)N[C@@H](CCCCN)C(=O)N[C@@H](CCN)C(=O)N[C@@H](CO)C(=O)N[C@@H](CS)C(=O)N[C@@H](Cc1ccc(O)cc1)C(=O)O)C(C)(C)S. The van der Waals surface area contributed by atoms with Gasteiger partial charge < -0.3 is 161 Å². The summed E-state index contributed by atoms with van der Waals surface area (Å²) >= 11 is 8.75. The predicted octanol–water partition coefficient (Wildman–Crippen LogP) is -11.0. The van der Waals surface area contributed by atoms with Gasteiger partial charge in [0.25, 0.3) is 0 Å². The van der Waals surface area contributed by atoms with Gasteiger partial charge in [0.2, 0.25) is 94.5 Å². The van der Waals surface area contributed by atoms with Crippen LogP contribution in [0.2, 0.25) is 0 Å². The third kappa shape index (κ3) is 38.0. The summed E-state index contributed by atoms with van der Waals surface area (Å²) in [5, 5.41) is 105. The molecule has 0 spiro atoms. The maximum atomic E-state index is 14.7. The smallest absolute Gasteiger partial charge is 0.326 e. The molecule has 728 valence electrons. The Hall–Kier alpha value is -11.4. The van der Waals surface area contributed by atoms with Crippen LogP contribution in [0.3, 0.4) is 0 Å². The van der Waals surface area contributed by atoms with E-state index in [4.69, 9.17) is 51.3 Å². The Morgan fingerprint density at radius 2 is 0.831 bits per heavy atom. The van der Waals surface area contributed by atoms with Crippen molar-refractivity contribution >= 4 is 132 Å². The van der Waals surface area contributed by atoms with E-state index in [1.807, 2.05) is 0 Å². The number of aliphatic carboxylic acids is 1. The van der Waals surface area contributed by atoms with Gasteiger partial charge in [-0.3, -0.25) is 82.1 Å². The summed E-state index contributed by atoms with van der Waals surface area (Å²) in [6.07, 6.45) is -4.11. The van der Waals surface area contributed by atoms with Crippen molar-refractivity contribution in [2.75, 3.05) is 64.8 Å². The molecule has 1 fully saturated rings. The topological polar surface area (TPSA) is 827 Å². The molecule has 2 aromatic carbocycles. The van der Waals surface area contributed by atoms with E-state index in [9.17, 15) is 112 Å². The Kier molecular flexibility index (Phi) is 49.4. The first-order chi connectivity index (χ1) is 61.3. The second kappa shape index (κ2) is 57.0. The Balaban J connectivity index is 1.89. The molecule has 130 heavy (non-hydrogen) atoms. The Bertz CT molecular complexity index is 4140. The molecule has 1 aliphatic heterocycles. The summed E-state index contributed by atoms with van der Waals surface area (Å²) < 4.78 is -1.46. The zero-order chi connectivity index (χ0) is 98.0. The predicted molar refractivity (Wildman–Crippen MR) is 478 cm³/mol. The number of rotatable bonds is 59. The summed E-state index contributed by atoms with van der Waals surface area (Å²) in [6.45, 7) is 6.01. The minimum Gasteiger partial charge on any atom is -0.508 e. The molecular weight excluding hydrogens is 1740 g/mol. The summed E-state index contributed by atoms with van der Waals surface area (Å²) in [5.74, 6) is -20.5. The Labute approximate surface area is 763 Å². The molecule has 0 bridgehead atoms. The number of likely N-dealkylation sites (tertiary alicyclic amines) is 1. The minimum absolute atomic E-state index is 0.0785. The van der Waals surface area contributed by atoms with Gasteiger partial charge in [0, 0.05) is 42.9 Å². The number of carbonyl (C=O) groups is 17. The molecule has 1 saturated heterocycles. The molecule has 18 atom stereocenters. The highest BCUT2D eigenvalue weighted by Gasteiger charge is 2.45. The summed E-state index contributed by atoms with van der Waals surface area (Å²) in [6, 6.07) is -14.7. The molecule has 0 saturated carbocycles. The maximum absolute atomic E-state index is 14.7. The standard InChI is InChI=1S/C80H133N25O23S2/c1-7-40(4)61(103-74(123)58-33-45(110)35-105(58)77(126)60(87)39(2)3)75(124)104-62(80(5,6)130)76(125)98-52(31-41-13-17-43(108)18-14-41)69(118)95-49(22-27-83)66(115)97-53(34-59(86)111)70(119)92-47(12-10-30-90-79(88)89)64(113)94-51(24-29-85)67(116)100-55(36-106)71(120)96-48(21-26-82)65(114)91-46(11-8-9-25-81)63(112)93-50(23-28-84)68(117)101-56(37-107)72(121)102-57(38-129)73(122)99-54(78(127)128)32-42-15-19-44(109)20-16-42/h13-20,39-40,45-58,60-62,106-110,129-130H,7-12,21-38,81-85,87H2,1-6H3,(H2,86,111)(H,91,114)(H,92,119)(H,93,112)(H,94,113)(H,95,118)(H,96,120)(H,97,115)(H,98,125)(H,99,122)(H,100,116)(H,101,117)(H,102,121)(H,103,123)(H,104,124)(H,127,128)(H4,88,89,90)/t40-,45+,46-,47-,48+,49-,50-,51-,52-,53-,54-,55-,56-,57-,58-,60-,61-,62+/m0/s1. The van der Waals surface area contributed by atoms with Crippen molar-refractivity contribution < 1.29 is 112 Å². The van der Waals surface area contributed by atoms with Gasteiger partial charge in [-0.15, -0.1) is 0 Å². The first-order valence-corrected chi connectivity index (χ1v) is 43.5. The number of hydrogen-bond donors (Lipinski definition) is 32. The van der Waals surface area contributed by atoms with Crippen molar-refractivity contribution in [3.8, 4) is 11.5 Å². The van der Waals surface area contributed by atoms with E-state index in [0.717, 1.165) is 4.90 Å². The van der Waals surface area contributed by atoms with Crippen LogP contribution in [0.1, 0.15) is 130 Å². The van der Waals surface area contributed by atoms with E-state index >= 15 is 0 Å². The molecule has 3 rings (SSSR count). The van der Waals surface area contributed by atoms with Crippen molar-refractivity contribution in [3.05, 3.63) is 59.7 Å². The van der Waals surface area contributed by atoms with Crippen LogP contribution in [0.4, 0.5) is 0 Å². The number of aliphatic hydroxyl groups excluding tert-OH is 3. The fraction of sp³-hybridized carbons (Fsp3) is 0.625. The number of β-amino-alcohol motifs (C(OH)–C–C–N with tert-alkyl or cyclic N) is 1. The number of benzene rings is 2. The number of primary amides is 1. The summed E-state index contributed by atoms with van der Waals surface area (Å²) in [4.78, 5) is 238. The van der Waals surface area contributed by atoms with Crippen LogP contribution in [0.25, 0.3) is 0 Å². The minimum atomic E-state index is -1.97. The highest BCUT2D eigenvalue weighted by atomic mass is 32.1. The molecule has 1 aliphatic rings. The number of thiol groups is 2. The molecular formula is C80H133N25O23S2. The number of aliphatic hydroxyl groups is 3. The van der Waals surface area contributed by atoms with Crippen LogP contribution in [0, 0.1) is 17.2 Å². The van der Waals surface area contributed by atoms with Gasteiger partial charge in [-0.2, -0.15) is 25.3 Å².